The SMILES string of the molecule is COC(=O)c1ccc(C(=O)c2ccccc2F)o1. The quantitative estimate of drug-likeness (QED) is 0.618. The van der Waals surface area contributed by atoms with Crippen molar-refractivity contribution in [2.75, 3.05) is 7.11 Å². The number of hydrogen-bond acceptors (Lipinski definition) is 4. The summed E-state index contributed by atoms with van der Waals surface area (Å²) in [6, 6.07) is 8.16. The van der Waals surface area contributed by atoms with Crippen LogP contribution in [0.5, 0.6) is 0 Å². The van der Waals surface area contributed by atoms with Crippen LogP contribution in [0.1, 0.15) is 26.7 Å². The van der Waals surface area contributed by atoms with Gasteiger partial charge < -0.3 is 9.15 Å². The number of furan rings is 1. The number of carbonyl (C=O) groups excluding carboxylic acids is 2. The number of benzene rings is 1. The van der Waals surface area contributed by atoms with Gasteiger partial charge in [-0.05, 0) is 24.3 Å². The van der Waals surface area contributed by atoms with Gasteiger partial charge in [0.2, 0.25) is 11.5 Å². The fraction of sp³-hybridized carbons (Fsp3) is 0.0769. The summed E-state index contributed by atoms with van der Waals surface area (Å²) in [4.78, 5) is 23.1. The fourth-order valence-corrected chi connectivity index (χ4v) is 1.45. The van der Waals surface area contributed by atoms with E-state index in [9.17, 15) is 14.0 Å². The lowest BCUT2D eigenvalue weighted by atomic mass is 10.1. The minimum atomic E-state index is -0.692. The highest BCUT2D eigenvalue weighted by atomic mass is 19.1. The zero-order valence-electron chi connectivity index (χ0n) is 9.48. The number of esters is 1. The Morgan fingerprint density at radius 1 is 1.11 bits per heavy atom. The Hall–Kier alpha value is -2.43. The molecule has 0 saturated carbocycles. The number of methoxy groups -OCH3 is 1. The summed E-state index contributed by atoms with van der Waals surface area (Å²) in [5.74, 6) is -2.16. The fourth-order valence-electron chi connectivity index (χ4n) is 1.45. The van der Waals surface area contributed by atoms with Crippen molar-refractivity contribution in [1.82, 2.24) is 0 Å². The van der Waals surface area contributed by atoms with Gasteiger partial charge in [0.05, 0.1) is 12.7 Å². The predicted molar refractivity (Wildman–Crippen MR) is 59.9 cm³/mol. The second-order valence-corrected chi connectivity index (χ2v) is 3.46. The molecule has 0 amide bonds. The summed E-state index contributed by atoms with van der Waals surface area (Å²) < 4.78 is 22.9. The van der Waals surface area contributed by atoms with Gasteiger partial charge in [0.15, 0.2) is 5.76 Å². The van der Waals surface area contributed by atoms with E-state index in [0.29, 0.717) is 0 Å². The molecule has 0 bridgehead atoms. The minimum absolute atomic E-state index is 0.0998. The maximum absolute atomic E-state index is 13.4. The van der Waals surface area contributed by atoms with Crippen LogP contribution in [0.15, 0.2) is 40.8 Å². The topological polar surface area (TPSA) is 56.5 Å². The number of rotatable bonds is 3. The van der Waals surface area contributed by atoms with Crippen LogP contribution in [-0.4, -0.2) is 18.9 Å². The summed E-state index contributed by atoms with van der Waals surface area (Å²) in [6.45, 7) is 0. The molecular weight excluding hydrogens is 239 g/mol. The molecule has 0 aliphatic heterocycles. The third-order valence-corrected chi connectivity index (χ3v) is 2.33. The standard InChI is InChI=1S/C13H9FO4/c1-17-13(16)11-7-6-10(18-11)12(15)8-4-2-3-5-9(8)14/h2-7H,1H3. The maximum atomic E-state index is 13.4. The van der Waals surface area contributed by atoms with E-state index in [2.05, 4.69) is 4.74 Å². The van der Waals surface area contributed by atoms with Crippen molar-refractivity contribution in [2.24, 2.45) is 0 Å². The molecule has 2 aromatic rings. The summed E-state index contributed by atoms with van der Waals surface area (Å²) in [6.07, 6.45) is 0. The molecule has 0 atom stereocenters. The highest BCUT2D eigenvalue weighted by molar-refractivity contribution is 6.07. The molecule has 0 aliphatic rings. The van der Waals surface area contributed by atoms with Crippen LogP contribution in [0.2, 0.25) is 0 Å². The molecule has 92 valence electrons. The third kappa shape index (κ3) is 2.15. The molecule has 1 aromatic heterocycles. The van der Waals surface area contributed by atoms with Gasteiger partial charge in [0.25, 0.3) is 0 Å². The molecule has 18 heavy (non-hydrogen) atoms. The average Bonchev–Trinajstić information content (AvgIpc) is 2.87. The van der Waals surface area contributed by atoms with E-state index in [1.54, 1.807) is 6.07 Å². The van der Waals surface area contributed by atoms with Crippen LogP contribution in [0, 0.1) is 5.82 Å². The zero-order valence-corrected chi connectivity index (χ0v) is 9.48. The normalized spacial score (nSPS) is 10.1. The Kier molecular flexibility index (Phi) is 3.23. The first kappa shape index (κ1) is 12.0. The lowest BCUT2D eigenvalue weighted by molar-refractivity contribution is 0.0563. The number of ether oxygens (including phenoxy) is 1. The van der Waals surface area contributed by atoms with Gasteiger partial charge in [0, 0.05) is 0 Å². The first-order valence-electron chi connectivity index (χ1n) is 5.11. The monoisotopic (exact) mass is 248 g/mol. The molecule has 1 aromatic carbocycles. The van der Waals surface area contributed by atoms with Gasteiger partial charge >= 0.3 is 5.97 Å². The Balaban J connectivity index is 2.33. The first-order valence-corrected chi connectivity index (χ1v) is 5.11. The van der Waals surface area contributed by atoms with Gasteiger partial charge in [-0.2, -0.15) is 0 Å². The second kappa shape index (κ2) is 4.83. The zero-order chi connectivity index (χ0) is 13.1. The molecule has 0 aliphatic carbocycles. The lowest BCUT2D eigenvalue weighted by Crippen LogP contribution is -2.03. The predicted octanol–water partition coefficient (Wildman–Crippen LogP) is 2.44. The van der Waals surface area contributed by atoms with Crippen LogP contribution < -0.4 is 0 Å². The van der Waals surface area contributed by atoms with E-state index < -0.39 is 17.6 Å². The van der Waals surface area contributed by atoms with Crippen molar-refractivity contribution in [3.63, 3.8) is 0 Å². The van der Waals surface area contributed by atoms with Crippen molar-refractivity contribution in [3.05, 3.63) is 59.3 Å². The van der Waals surface area contributed by atoms with Gasteiger partial charge in [-0.25, -0.2) is 9.18 Å². The molecule has 1 heterocycles. The van der Waals surface area contributed by atoms with Crippen molar-refractivity contribution in [1.29, 1.82) is 0 Å². The number of hydrogen-bond donors (Lipinski definition) is 0. The molecule has 4 nitrogen and oxygen atoms in total. The van der Waals surface area contributed by atoms with Gasteiger partial charge in [0.1, 0.15) is 5.82 Å². The molecule has 0 N–H and O–H groups in total. The van der Waals surface area contributed by atoms with Crippen LogP contribution in [-0.2, 0) is 4.74 Å². The molecular formula is C13H9FO4. The maximum Gasteiger partial charge on any atom is 0.373 e. The summed E-state index contributed by atoms with van der Waals surface area (Å²) in [5.41, 5.74) is -0.108. The Bertz CT molecular complexity index is 601. The van der Waals surface area contributed by atoms with Crippen LogP contribution in [0.3, 0.4) is 0 Å². The van der Waals surface area contributed by atoms with E-state index in [4.69, 9.17) is 4.42 Å². The molecule has 2 rings (SSSR count). The van der Waals surface area contributed by atoms with Crippen LogP contribution in [0.4, 0.5) is 4.39 Å². The largest absolute Gasteiger partial charge is 0.463 e. The highest BCUT2D eigenvalue weighted by Crippen LogP contribution is 2.16. The number of halogens is 1. The molecule has 0 fully saturated rings. The third-order valence-electron chi connectivity index (χ3n) is 2.33. The van der Waals surface area contributed by atoms with E-state index in [1.165, 1.54) is 37.4 Å². The summed E-state index contributed by atoms with van der Waals surface area (Å²) in [7, 11) is 1.20. The molecule has 0 unspecified atom stereocenters. The van der Waals surface area contributed by atoms with Crippen LogP contribution >= 0.6 is 0 Å². The average molecular weight is 248 g/mol. The minimum Gasteiger partial charge on any atom is -0.463 e. The Labute approximate surface area is 102 Å². The molecule has 0 saturated heterocycles. The molecule has 0 spiro atoms. The van der Waals surface area contributed by atoms with Crippen LogP contribution in [0.25, 0.3) is 0 Å². The number of carbonyl (C=O) groups is 2. The van der Waals surface area contributed by atoms with Crippen molar-refractivity contribution in [3.8, 4) is 0 Å². The summed E-state index contributed by atoms with van der Waals surface area (Å²) >= 11 is 0. The summed E-state index contributed by atoms with van der Waals surface area (Å²) in [5, 5.41) is 0. The van der Waals surface area contributed by atoms with E-state index in [-0.39, 0.29) is 17.1 Å². The van der Waals surface area contributed by atoms with Crippen molar-refractivity contribution < 1.29 is 23.1 Å². The highest BCUT2D eigenvalue weighted by Gasteiger charge is 2.19. The van der Waals surface area contributed by atoms with Crippen molar-refractivity contribution >= 4 is 11.8 Å². The lowest BCUT2D eigenvalue weighted by Gasteiger charge is -1.99. The van der Waals surface area contributed by atoms with E-state index in [1.807, 2.05) is 0 Å². The Morgan fingerprint density at radius 2 is 1.78 bits per heavy atom. The Morgan fingerprint density at radius 3 is 2.44 bits per heavy atom. The van der Waals surface area contributed by atoms with Gasteiger partial charge in [-0.15, -0.1) is 0 Å². The number of ketones is 1. The van der Waals surface area contributed by atoms with Gasteiger partial charge in [-0.3, -0.25) is 4.79 Å². The molecule has 0 radical (unpaired) electrons. The molecule has 5 heteroatoms. The van der Waals surface area contributed by atoms with E-state index >= 15 is 0 Å². The van der Waals surface area contributed by atoms with Gasteiger partial charge in [-0.1, -0.05) is 12.1 Å². The second-order valence-electron chi connectivity index (χ2n) is 3.46. The smallest absolute Gasteiger partial charge is 0.373 e. The first-order chi connectivity index (χ1) is 8.63. The van der Waals surface area contributed by atoms with E-state index in [0.717, 1.165) is 0 Å². The van der Waals surface area contributed by atoms with Crippen molar-refractivity contribution in [2.45, 2.75) is 0 Å².